The summed E-state index contributed by atoms with van der Waals surface area (Å²) >= 11 is 0. The fourth-order valence-electron chi connectivity index (χ4n) is 2.25. The zero-order valence-electron chi connectivity index (χ0n) is 10.5. The van der Waals surface area contributed by atoms with Crippen LogP contribution in [0.5, 0.6) is 0 Å². The van der Waals surface area contributed by atoms with E-state index in [1.165, 1.54) is 7.11 Å². The van der Waals surface area contributed by atoms with Gasteiger partial charge in [-0.1, -0.05) is 6.42 Å². The SMILES string of the molecule is COC(=O)C1(C(=O)NCCc2ccc[nH]2)CCC1. The predicted octanol–water partition coefficient (Wildman–Crippen LogP) is 1.02. The third kappa shape index (κ3) is 2.25. The quantitative estimate of drug-likeness (QED) is 0.605. The Hall–Kier alpha value is -1.78. The van der Waals surface area contributed by atoms with Crippen LogP contribution in [0.1, 0.15) is 25.0 Å². The number of ether oxygens (including phenoxy) is 1. The first-order valence-electron chi connectivity index (χ1n) is 6.18. The minimum absolute atomic E-state index is 0.202. The van der Waals surface area contributed by atoms with Crippen molar-refractivity contribution in [1.29, 1.82) is 0 Å². The molecule has 2 N–H and O–H groups in total. The highest BCUT2D eigenvalue weighted by atomic mass is 16.5. The number of amides is 1. The lowest BCUT2D eigenvalue weighted by Crippen LogP contribution is -2.51. The molecule has 0 spiro atoms. The zero-order valence-corrected chi connectivity index (χ0v) is 10.5. The van der Waals surface area contributed by atoms with Crippen LogP contribution in [0.15, 0.2) is 18.3 Å². The van der Waals surface area contributed by atoms with E-state index in [4.69, 9.17) is 4.74 Å². The number of aromatic nitrogens is 1. The van der Waals surface area contributed by atoms with Crippen LogP contribution in [0.25, 0.3) is 0 Å². The average Bonchev–Trinajstić information content (AvgIpc) is 2.80. The summed E-state index contributed by atoms with van der Waals surface area (Å²) in [5.74, 6) is -0.613. The van der Waals surface area contributed by atoms with Gasteiger partial charge in [0, 0.05) is 24.9 Å². The average molecular weight is 250 g/mol. The molecule has 98 valence electrons. The van der Waals surface area contributed by atoms with Crippen molar-refractivity contribution in [2.45, 2.75) is 25.7 Å². The van der Waals surface area contributed by atoms with Gasteiger partial charge in [-0.2, -0.15) is 0 Å². The molecule has 0 aliphatic heterocycles. The van der Waals surface area contributed by atoms with Crippen molar-refractivity contribution in [3.63, 3.8) is 0 Å². The number of aromatic amines is 1. The van der Waals surface area contributed by atoms with Gasteiger partial charge >= 0.3 is 5.97 Å². The third-order valence-electron chi connectivity index (χ3n) is 3.56. The summed E-state index contributed by atoms with van der Waals surface area (Å²) in [4.78, 5) is 26.8. The van der Waals surface area contributed by atoms with Crippen LogP contribution in [0, 0.1) is 5.41 Å². The molecule has 5 nitrogen and oxygen atoms in total. The number of rotatable bonds is 5. The van der Waals surface area contributed by atoms with E-state index in [9.17, 15) is 9.59 Å². The molecule has 0 unspecified atom stereocenters. The highest BCUT2D eigenvalue weighted by Crippen LogP contribution is 2.42. The Bertz CT molecular complexity index is 421. The number of carbonyl (C=O) groups excluding carboxylic acids is 2. The molecule has 1 heterocycles. The fourth-order valence-corrected chi connectivity index (χ4v) is 2.25. The molecular weight excluding hydrogens is 232 g/mol. The Labute approximate surface area is 106 Å². The molecule has 5 heteroatoms. The molecule has 1 amide bonds. The van der Waals surface area contributed by atoms with Gasteiger partial charge in [-0.25, -0.2) is 0 Å². The number of esters is 1. The van der Waals surface area contributed by atoms with Gasteiger partial charge in [0.05, 0.1) is 7.11 Å². The van der Waals surface area contributed by atoms with Crippen molar-refractivity contribution in [3.05, 3.63) is 24.0 Å². The summed E-state index contributed by atoms with van der Waals surface area (Å²) in [5, 5.41) is 2.82. The van der Waals surface area contributed by atoms with Crippen LogP contribution < -0.4 is 5.32 Å². The van der Waals surface area contributed by atoms with Gasteiger partial charge in [0.25, 0.3) is 0 Å². The molecule has 0 saturated heterocycles. The highest BCUT2D eigenvalue weighted by molar-refractivity contribution is 6.03. The van der Waals surface area contributed by atoms with Gasteiger partial charge in [0.15, 0.2) is 0 Å². The van der Waals surface area contributed by atoms with Gasteiger partial charge in [-0.3, -0.25) is 9.59 Å². The Morgan fingerprint density at radius 1 is 1.50 bits per heavy atom. The van der Waals surface area contributed by atoms with E-state index in [1.54, 1.807) is 0 Å². The molecule has 18 heavy (non-hydrogen) atoms. The first kappa shape index (κ1) is 12.7. The molecule has 0 atom stereocenters. The van der Waals surface area contributed by atoms with Crippen LogP contribution >= 0.6 is 0 Å². The lowest BCUT2D eigenvalue weighted by Gasteiger charge is -2.36. The minimum Gasteiger partial charge on any atom is -0.468 e. The second-order valence-corrected chi connectivity index (χ2v) is 4.63. The number of H-pyrrole nitrogens is 1. The Balaban J connectivity index is 1.85. The van der Waals surface area contributed by atoms with E-state index in [2.05, 4.69) is 10.3 Å². The first-order chi connectivity index (χ1) is 8.69. The van der Waals surface area contributed by atoms with Crippen LogP contribution in [0.4, 0.5) is 0 Å². The molecule has 1 saturated carbocycles. The molecular formula is C13H18N2O3. The molecule has 1 aromatic heterocycles. The number of hydrogen-bond donors (Lipinski definition) is 2. The normalized spacial score (nSPS) is 16.7. The molecule has 1 aliphatic carbocycles. The Kier molecular flexibility index (Phi) is 3.69. The smallest absolute Gasteiger partial charge is 0.321 e. The van der Waals surface area contributed by atoms with Gasteiger partial charge in [0.1, 0.15) is 5.41 Å². The first-order valence-corrected chi connectivity index (χ1v) is 6.18. The Morgan fingerprint density at radius 3 is 2.78 bits per heavy atom. The van der Waals surface area contributed by atoms with E-state index in [-0.39, 0.29) is 5.91 Å². The molecule has 0 bridgehead atoms. The predicted molar refractivity (Wildman–Crippen MR) is 65.8 cm³/mol. The van der Waals surface area contributed by atoms with E-state index < -0.39 is 11.4 Å². The monoisotopic (exact) mass is 250 g/mol. The van der Waals surface area contributed by atoms with Crippen molar-refractivity contribution in [3.8, 4) is 0 Å². The number of carbonyl (C=O) groups is 2. The standard InChI is InChI=1S/C13H18N2O3/c1-18-12(17)13(6-3-7-13)11(16)15-9-5-10-4-2-8-14-10/h2,4,8,14H,3,5-7,9H2,1H3,(H,15,16). The highest BCUT2D eigenvalue weighted by Gasteiger charge is 2.51. The van der Waals surface area contributed by atoms with E-state index in [1.807, 2.05) is 18.3 Å². The van der Waals surface area contributed by atoms with E-state index >= 15 is 0 Å². The second kappa shape index (κ2) is 5.25. The van der Waals surface area contributed by atoms with Crippen molar-refractivity contribution in [2.24, 2.45) is 5.41 Å². The van der Waals surface area contributed by atoms with Crippen molar-refractivity contribution in [2.75, 3.05) is 13.7 Å². The molecule has 1 fully saturated rings. The van der Waals surface area contributed by atoms with Crippen LogP contribution in [0.2, 0.25) is 0 Å². The van der Waals surface area contributed by atoms with Gasteiger partial charge in [-0.15, -0.1) is 0 Å². The van der Waals surface area contributed by atoms with Gasteiger partial charge in [0.2, 0.25) is 5.91 Å². The molecule has 0 radical (unpaired) electrons. The number of nitrogens with one attached hydrogen (secondary N) is 2. The topological polar surface area (TPSA) is 71.2 Å². The summed E-state index contributed by atoms with van der Waals surface area (Å²) in [5.41, 5.74) is 0.140. The maximum Gasteiger partial charge on any atom is 0.321 e. The summed E-state index contributed by atoms with van der Waals surface area (Å²) in [6.07, 6.45) is 4.66. The molecule has 1 aromatic rings. The molecule has 1 aliphatic rings. The van der Waals surface area contributed by atoms with Crippen LogP contribution in [0.3, 0.4) is 0 Å². The lowest BCUT2D eigenvalue weighted by atomic mass is 9.68. The maximum absolute atomic E-state index is 12.1. The Morgan fingerprint density at radius 2 is 2.28 bits per heavy atom. The van der Waals surface area contributed by atoms with Crippen LogP contribution in [-0.2, 0) is 20.7 Å². The van der Waals surface area contributed by atoms with E-state index in [0.29, 0.717) is 19.4 Å². The summed E-state index contributed by atoms with van der Waals surface area (Å²) in [6, 6.07) is 3.88. The summed E-state index contributed by atoms with van der Waals surface area (Å²) in [7, 11) is 1.33. The lowest BCUT2D eigenvalue weighted by molar-refractivity contribution is -0.165. The molecule has 2 rings (SSSR count). The zero-order chi connectivity index (χ0) is 13.0. The maximum atomic E-state index is 12.1. The number of methoxy groups -OCH3 is 1. The second-order valence-electron chi connectivity index (χ2n) is 4.63. The van der Waals surface area contributed by atoms with Gasteiger partial charge in [-0.05, 0) is 25.0 Å². The fraction of sp³-hybridized carbons (Fsp3) is 0.538. The molecule has 0 aromatic carbocycles. The number of hydrogen-bond acceptors (Lipinski definition) is 3. The van der Waals surface area contributed by atoms with Crippen molar-refractivity contribution < 1.29 is 14.3 Å². The summed E-state index contributed by atoms with van der Waals surface area (Å²) < 4.78 is 4.72. The minimum atomic E-state index is -0.926. The van der Waals surface area contributed by atoms with Crippen molar-refractivity contribution >= 4 is 11.9 Å². The van der Waals surface area contributed by atoms with Gasteiger partial charge < -0.3 is 15.0 Å². The van der Waals surface area contributed by atoms with E-state index in [0.717, 1.165) is 18.5 Å². The third-order valence-corrected chi connectivity index (χ3v) is 3.56. The largest absolute Gasteiger partial charge is 0.468 e. The van der Waals surface area contributed by atoms with Crippen molar-refractivity contribution in [1.82, 2.24) is 10.3 Å². The van der Waals surface area contributed by atoms with Crippen LogP contribution in [-0.4, -0.2) is 30.5 Å². The summed E-state index contributed by atoms with van der Waals surface area (Å²) in [6.45, 7) is 0.526.